The number of esters is 1. The van der Waals surface area contributed by atoms with Gasteiger partial charge in [0.15, 0.2) is 17.2 Å². The van der Waals surface area contributed by atoms with Gasteiger partial charge in [-0.3, -0.25) is 0 Å². The molecule has 5 nitrogen and oxygen atoms in total. The summed E-state index contributed by atoms with van der Waals surface area (Å²) in [6, 6.07) is 21.3. The van der Waals surface area contributed by atoms with Crippen molar-refractivity contribution in [1.82, 2.24) is 0 Å². The first-order valence-corrected chi connectivity index (χ1v) is 11.1. The van der Waals surface area contributed by atoms with Crippen LogP contribution in [0.3, 0.4) is 0 Å². The number of benzene rings is 3. The minimum absolute atomic E-state index is 0.230. The Kier molecular flexibility index (Phi) is 6.71. The number of aliphatic imine (C=N–C) groups is 1. The van der Waals surface area contributed by atoms with Crippen molar-refractivity contribution in [2.45, 2.75) is 20.5 Å². The number of rotatable bonds is 7. The number of cyclic esters (lactones) is 1. The summed E-state index contributed by atoms with van der Waals surface area (Å²) in [6.07, 6.45) is 1.68. The molecule has 0 radical (unpaired) electrons. The zero-order chi connectivity index (χ0) is 22.5. The number of hydrogen-bond acceptors (Lipinski definition) is 5. The second-order valence-corrected chi connectivity index (χ2v) is 8.09. The number of aryl methyl sites for hydroxylation is 1. The van der Waals surface area contributed by atoms with Crippen molar-refractivity contribution in [2.75, 3.05) is 6.61 Å². The van der Waals surface area contributed by atoms with E-state index in [4.69, 9.17) is 14.2 Å². The molecule has 0 aromatic heterocycles. The van der Waals surface area contributed by atoms with E-state index in [0.717, 1.165) is 26.7 Å². The molecule has 1 aliphatic heterocycles. The topological polar surface area (TPSA) is 57.1 Å². The van der Waals surface area contributed by atoms with Crippen molar-refractivity contribution < 1.29 is 19.0 Å². The van der Waals surface area contributed by atoms with Crippen LogP contribution in [0.15, 0.2) is 81.9 Å². The molecule has 0 N–H and O–H groups in total. The average molecular weight is 492 g/mol. The highest BCUT2D eigenvalue weighted by atomic mass is 79.9. The van der Waals surface area contributed by atoms with E-state index < -0.39 is 5.97 Å². The van der Waals surface area contributed by atoms with E-state index >= 15 is 0 Å². The van der Waals surface area contributed by atoms with Crippen LogP contribution in [-0.4, -0.2) is 18.5 Å². The summed E-state index contributed by atoms with van der Waals surface area (Å²) in [5.41, 5.74) is 3.91. The molecular weight excluding hydrogens is 470 g/mol. The smallest absolute Gasteiger partial charge is 0.363 e. The summed E-state index contributed by atoms with van der Waals surface area (Å²) in [5.74, 6) is 1.00. The van der Waals surface area contributed by atoms with E-state index in [0.29, 0.717) is 30.6 Å². The van der Waals surface area contributed by atoms with Crippen LogP contribution in [-0.2, 0) is 16.1 Å². The molecule has 3 aromatic carbocycles. The highest BCUT2D eigenvalue weighted by Crippen LogP contribution is 2.38. The van der Waals surface area contributed by atoms with Crippen molar-refractivity contribution >= 4 is 33.9 Å². The molecule has 0 unspecified atom stereocenters. The molecule has 162 valence electrons. The standard InChI is InChI=1S/C26H22BrNO4/c1-3-30-23-15-19(13-21(27)24(23)31-16-18-7-5-4-6-8-18)14-22-26(29)32-25(28-22)20-11-9-17(2)10-12-20/h4-15H,3,16H2,1-2H3/b22-14-. The van der Waals surface area contributed by atoms with Crippen molar-refractivity contribution in [3.8, 4) is 11.5 Å². The first kappa shape index (κ1) is 21.8. The molecule has 32 heavy (non-hydrogen) atoms. The van der Waals surface area contributed by atoms with Crippen LogP contribution in [0.25, 0.3) is 6.08 Å². The predicted octanol–water partition coefficient (Wildman–Crippen LogP) is 6.08. The maximum Gasteiger partial charge on any atom is 0.363 e. The van der Waals surface area contributed by atoms with Gasteiger partial charge in [-0.05, 0) is 71.2 Å². The van der Waals surface area contributed by atoms with Gasteiger partial charge >= 0.3 is 5.97 Å². The Morgan fingerprint density at radius 2 is 1.78 bits per heavy atom. The van der Waals surface area contributed by atoms with Crippen molar-refractivity contribution in [3.63, 3.8) is 0 Å². The molecule has 0 spiro atoms. The second-order valence-electron chi connectivity index (χ2n) is 7.24. The average Bonchev–Trinajstić information content (AvgIpc) is 3.14. The largest absolute Gasteiger partial charge is 0.490 e. The van der Waals surface area contributed by atoms with Gasteiger partial charge < -0.3 is 14.2 Å². The summed E-state index contributed by atoms with van der Waals surface area (Å²) in [6.45, 7) is 4.80. The molecule has 0 saturated carbocycles. The van der Waals surface area contributed by atoms with Crippen molar-refractivity contribution in [2.24, 2.45) is 4.99 Å². The van der Waals surface area contributed by atoms with Gasteiger partial charge in [0, 0.05) is 5.56 Å². The van der Waals surface area contributed by atoms with Crippen LogP contribution in [0.5, 0.6) is 11.5 Å². The highest BCUT2D eigenvalue weighted by Gasteiger charge is 2.24. The lowest BCUT2D eigenvalue weighted by molar-refractivity contribution is -0.129. The number of ether oxygens (including phenoxy) is 3. The minimum atomic E-state index is -0.487. The van der Waals surface area contributed by atoms with E-state index in [-0.39, 0.29) is 5.70 Å². The van der Waals surface area contributed by atoms with Crippen molar-refractivity contribution in [1.29, 1.82) is 0 Å². The molecular formula is C26H22BrNO4. The second kappa shape index (κ2) is 9.83. The summed E-state index contributed by atoms with van der Waals surface area (Å²) in [4.78, 5) is 16.8. The first-order chi connectivity index (χ1) is 15.5. The molecule has 0 fully saturated rings. The maximum absolute atomic E-state index is 12.4. The minimum Gasteiger partial charge on any atom is -0.490 e. The summed E-state index contributed by atoms with van der Waals surface area (Å²) in [7, 11) is 0. The highest BCUT2D eigenvalue weighted by molar-refractivity contribution is 9.10. The number of hydrogen-bond donors (Lipinski definition) is 0. The normalized spacial score (nSPS) is 14.3. The van der Waals surface area contributed by atoms with Gasteiger partial charge in [0.05, 0.1) is 11.1 Å². The molecule has 0 amide bonds. The lowest BCUT2D eigenvalue weighted by Gasteiger charge is -2.15. The number of carbonyl (C=O) groups excluding carboxylic acids is 1. The van der Waals surface area contributed by atoms with Crippen LogP contribution in [0.1, 0.15) is 29.2 Å². The van der Waals surface area contributed by atoms with Gasteiger partial charge in [0.1, 0.15) is 6.61 Å². The van der Waals surface area contributed by atoms with Crippen LogP contribution < -0.4 is 9.47 Å². The Balaban J connectivity index is 1.61. The number of nitrogens with zero attached hydrogens (tertiary/aromatic N) is 1. The first-order valence-electron chi connectivity index (χ1n) is 10.3. The monoisotopic (exact) mass is 491 g/mol. The van der Waals surface area contributed by atoms with Gasteiger partial charge in [0.25, 0.3) is 0 Å². The van der Waals surface area contributed by atoms with Crippen LogP contribution >= 0.6 is 15.9 Å². The fourth-order valence-electron chi connectivity index (χ4n) is 3.19. The van der Waals surface area contributed by atoms with Gasteiger partial charge in [-0.25, -0.2) is 9.79 Å². The molecule has 0 bridgehead atoms. The molecule has 0 atom stereocenters. The van der Waals surface area contributed by atoms with Gasteiger partial charge in [-0.2, -0.15) is 0 Å². The maximum atomic E-state index is 12.4. The van der Waals surface area contributed by atoms with Gasteiger partial charge in [-0.1, -0.05) is 48.0 Å². The molecule has 0 aliphatic carbocycles. The summed E-state index contributed by atoms with van der Waals surface area (Å²) >= 11 is 3.58. The number of carbonyl (C=O) groups is 1. The lowest BCUT2D eigenvalue weighted by Crippen LogP contribution is -2.05. The predicted molar refractivity (Wildman–Crippen MR) is 128 cm³/mol. The van der Waals surface area contributed by atoms with E-state index in [9.17, 15) is 4.79 Å². The van der Waals surface area contributed by atoms with E-state index in [1.54, 1.807) is 6.08 Å². The number of halogens is 1. The molecule has 6 heteroatoms. The lowest BCUT2D eigenvalue weighted by atomic mass is 10.1. The molecule has 4 rings (SSSR count). The third-order valence-electron chi connectivity index (χ3n) is 4.78. The fraction of sp³-hybridized carbons (Fsp3) is 0.154. The van der Waals surface area contributed by atoms with Gasteiger partial charge in [0.2, 0.25) is 5.90 Å². The Labute approximate surface area is 195 Å². The zero-order valence-electron chi connectivity index (χ0n) is 17.8. The van der Waals surface area contributed by atoms with Gasteiger partial charge in [-0.15, -0.1) is 0 Å². The molecule has 1 aliphatic rings. The summed E-state index contributed by atoms with van der Waals surface area (Å²) in [5, 5.41) is 0. The van der Waals surface area contributed by atoms with Crippen LogP contribution in [0.2, 0.25) is 0 Å². The summed E-state index contributed by atoms with van der Waals surface area (Å²) < 4.78 is 17.9. The molecule has 3 aromatic rings. The van der Waals surface area contributed by atoms with E-state index in [2.05, 4.69) is 20.9 Å². The third-order valence-corrected chi connectivity index (χ3v) is 5.37. The third kappa shape index (κ3) is 5.08. The zero-order valence-corrected chi connectivity index (χ0v) is 19.4. The van der Waals surface area contributed by atoms with E-state index in [1.807, 2.05) is 80.6 Å². The Hall–Kier alpha value is -3.38. The fourth-order valence-corrected chi connectivity index (χ4v) is 3.76. The molecule has 1 heterocycles. The Morgan fingerprint density at radius 3 is 2.50 bits per heavy atom. The SMILES string of the molecule is CCOc1cc(/C=C2\N=C(c3ccc(C)cc3)OC2=O)cc(Br)c1OCc1ccccc1. The quantitative estimate of drug-likeness (QED) is 0.296. The van der Waals surface area contributed by atoms with Crippen LogP contribution in [0, 0.1) is 6.92 Å². The van der Waals surface area contributed by atoms with Crippen molar-refractivity contribution in [3.05, 3.63) is 99.2 Å². The van der Waals surface area contributed by atoms with Crippen LogP contribution in [0.4, 0.5) is 0 Å². The molecule has 0 saturated heterocycles. The van der Waals surface area contributed by atoms with E-state index in [1.165, 1.54) is 0 Å². The Bertz CT molecular complexity index is 1180. The Morgan fingerprint density at radius 1 is 1.03 bits per heavy atom.